The Bertz CT molecular complexity index is 422. The molecular formula is C9H12F3N3OS. The van der Waals surface area contributed by atoms with E-state index in [9.17, 15) is 17.4 Å². The van der Waals surface area contributed by atoms with Gasteiger partial charge in [0, 0.05) is 29.4 Å². The van der Waals surface area contributed by atoms with Crippen molar-refractivity contribution < 1.29 is 17.4 Å². The number of rotatable bonds is 4. The highest BCUT2D eigenvalue weighted by Crippen LogP contribution is 2.31. The fraction of sp³-hybridized carbons (Fsp3) is 0.444. The third-order valence-electron chi connectivity index (χ3n) is 1.87. The van der Waals surface area contributed by atoms with E-state index in [0.29, 0.717) is 5.75 Å². The van der Waals surface area contributed by atoms with E-state index in [1.165, 1.54) is 6.26 Å². The smallest absolute Gasteiger partial charge is 0.384 e. The van der Waals surface area contributed by atoms with Crippen LogP contribution < -0.4 is 11.1 Å². The van der Waals surface area contributed by atoms with Gasteiger partial charge in [0.05, 0.1) is 5.56 Å². The molecule has 1 atom stereocenters. The third-order valence-corrected chi connectivity index (χ3v) is 2.65. The maximum Gasteiger partial charge on any atom is 0.416 e. The molecule has 96 valence electrons. The molecular weight excluding hydrogens is 255 g/mol. The van der Waals surface area contributed by atoms with Gasteiger partial charge in [-0.25, -0.2) is 4.98 Å². The van der Waals surface area contributed by atoms with Crippen molar-refractivity contribution >= 4 is 22.4 Å². The van der Waals surface area contributed by atoms with Gasteiger partial charge in [0.25, 0.3) is 0 Å². The number of alkyl halides is 3. The van der Waals surface area contributed by atoms with Gasteiger partial charge in [0.2, 0.25) is 0 Å². The van der Waals surface area contributed by atoms with Gasteiger partial charge in [0.1, 0.15) is 11.6 Å². The summed E-state index contributed by atoms with van der Waals surface area (Å²) in [5.74, 6) is 0.153. The van der Waals surface area contributed by atoms with E-state index in [4.69, 9.17) is 5.73 Å². The average Bonchev–Trinajstić information content (AvgIpc) is 2.14. The van der Waals surface area contributed by atoms with Crippen LogP contribution in [0.3, 0.4) is 0 Å². The minimum atomic E-state index is -4.46. The number of nitrogen functional groups attached to an aromatic ring is 1. The first-order chi connectivity index (χ1) is 7.79. The molecule has 0 aromatic carbocycles. The van der Waals surface area contributed by atoms with Crippen LogP contribution in [-0.2, 0) is 17.0 Å². The Hall–Kier alpha value is -1.31. The summed E-state index contributed by atoms with van der Waals surface area (Å²) in [7, 11) is -1.01. The highest BCUT2D eigenvalue weighted by molar-refractivity contribution is 7.84. The number of halogens is 3. The molecule has 1 rings (SSSR count). The van der Waals surface area contributed by atoms with Crippen molar-refractivity contribution in [1.29, 1.82) is 0 Å². The molecule has 0 aliphatic carbocycles. The number of pyridine rings is 1. The van der Waals surface area contributed by atoms with Crippen molar-refractivity contribution in [2.75, 3.05) is 29.6 Å². The highest BCUT2D eigenvalue weighted by atomic mass is 32.2. The van der Waals surface area contributed by atoms with Crippen LogP contribution in [0, 0.1) is 0 Å². The maximum atomic E-state index is 12.4. The van der Waals surface area contributed by atoms with Crippen molar-refractivity contribution in [2.24, 2.45) is 0 Å². The van der Waals surface area contributed by atoms with E-state index in [1.54, 1.807) is 0 Å². The molecule has 17 heavy (non-hydrogen) atoms. The molecule has 0 radical (unpaired) electrons. The van der Waals surface area contributed by atoms with Crippen LogP contribution >= 0.6 is 0 Å². The molecule has 0 amide bonds. The summed E-state index contributed by atoms with van der Waals surface area (Å²) in [4.78, 5) is 3.71. The SMILES string of the molecule is CS(=O)CCNc1cc(C(F)(F)F)cc(N)n1. The second kappa shape index (κ2) is 5.35. The second-order valence-electron chi connectivity index (χ2n) is 3.37. The highest BCUT2D eigenvalue weighted by Gasteiger charge is 2.31. The zero-order valence-electron chi connectivity index (χ0n) is 9.04. The standard InChI is InChI=1S/C9H12F3N3OS/c1-17(16)3-2-14-8-5-6(9(10,11)12)4-7(13)15-8/h4-5H,2-3H2,1H3,(H3,13,14,15). The largest absolute Gasteiger partial charge is 0.416 e. The molecule has 8 heteroatoms. The first kappa shape index (κ1) is 13.8. The third kappa shape index (κ3) is 4.59. The van der Waals surface area contributed by atoms with Crippen LogP contribution in [0.15, 0.2) is 12.1 Å². The molecule has 1 aromatic heterocycles. The molecule has 0 spiro atoms. The minimum Gasteiger partial charge on any atom is -0.384 e. The predicted molar refractivity (Wildman–Crippen MR) is 61.1 cm³/mol. The van der Waals surface area contributed by atoms with Crippen molar-refractivity contribution in [3.05, 3.63) is 17.7 Å². The van der Waals surface area contributed by atoms with Gasteiger partial charge < -0.3 is 11.1 Å². The van der Waals surface area contributed by atoms with Crippen LogP contribution in [0.1, 0.15) is 5.56 Å². The van der Waals surface area contributed by atoms with Gasteiger partial charge in [-0.05, 0) is 12.1 Å². The summed E-state index contributed by atoms with van der Waals surface area (Å²) in [6, 6.07) is 1.64. The first-order valence-corrected chi connectivity index (χ1v) is 6.40. The molecule has 0 aliphatic rings. The molecule has 0 bridgehead atoms. The average molecular weight is 267 g/mol. The summed E-state index contributed by atoms with van der Waals surface area (Å²) in [5.41, 5.74) is 4.42. The van der Waals surface area contributed by atoms with Crippen molar-refractivity contribution in [1.82, 2.24) is 4.98 Å². The van der Waals surface area contributed by atoms with Crippen molar-refractivity contribution in [2.45, 2.75) is 6.18 Å². The van der Waals surface area contributed by atoms with Gasteiger partial charge in [-0.1, -0.05) is 0 Å². The summed E-state index contributed by atoms with van der Waals surface area (Å²) in [5, 5.41) is 2.65. The van der Waals surface area contributed by atoms with Gasteiger partial charge >= 0.3 is 6.18 Å². The first-order valence-electron chi connectivity index (χ1n) is 4.67. The normalized spacial score (nSPS) is 13.4. The molecule has 1 aromatic rings. The summed E-state index contributed by atoms with van der Waals surface area (Å²) in [6.45, 7) is 0.275. The Morgan fingerprint density at radius 2 is 2.12 bits per heavy atom. The number of nitrogens with two attached hydrogens (primary N) is 1. The number of hydrogen-bond acceptors (Lipinski definition) is 4. The molecule has 1 unspecified atom stereocenters. The van der Waals surface area contributed by atoms with E-state index in [2.05, 4.69) is 10.3 Å². The summed E-state index contributed by atoms with van der Waals surface area (Å²) < 4.78 is 48.1. The predicted octanol–water partition coefficient (Wildman–Crippen LogP) is 1.47. The number of anilines is 2. The molecule has 4 nitrogen and oxygen atoms in total. The van der Waals surface area contributed by atoms with Crippen LogP contribution in [0.4, 0.5) is 24.8 Å². The fourth-order valence-electron chi connectivity index (χ4n) is 1.13. The molecule has 0 saturated carbocycles. The Morgan fingerprint density at radius 3 is 2.65 bits per heavy atom. The van der Waals surface area contributed by atoms with Crippen LogP contribution in [0.25, 0.3) is 0 Å². The Morgan fingerprint density at radius 1 is 1.47 bits per heavy atom. The second-order valence-corrected chi connectivity index (χ2v) is 4.92. The van der Waals surface area contributed by atoms with E-state index in [0.717, 1.165) is 12.1 Å². The summed E-state index contributed by atoms with van der Waals surface area (Å²) in [6.07, 6.45) is -2.95. The lowest BCUT2D eigenvalue weighted by Crippen LogP contribution is -2.13. The van der Waals surface area contributed by atoms with Crippen molar-refractivity contribution in [3.8, 4) is 0 Å². The van der Waals surface area contributed by atoms with E-state index in [-0.39, 0.29) is 18.2 Å². The molecule has 0 aliphatic heterocycles. The van der Waals surface area contributed by atoms with E-state index in [1.807, 2.05) is 0 Å². The maximum absolute atomic E-state index is 12.4. The van der Waals surface area contributed by atoms with Crippen LogP contribution in [0.5, 0.6) is 0 Å². The number of aromatic nitrogens is 1. The topological polar surface area (TPSA) is 68.0 Å². The Balaban J connectivity index is 2.79. The zero-order valence-corrected chi connectivity index (χ0v) is 9.86. The molecule has 0 saturated heterocycles. The monoisotopic (exact) mass is 267 g/mol. The summed E-state index contributed by atoms with van der Waals surface area (Å²) >= 11 is 0. The number of nitrogens with zero attached hydrogens (tertiary/aromatic N) is 1. The van der Waals surface area contributed by atoms with E-state index >= 15 is 0 Å². The molecule has 3 N–H and O–H groups in total. The van der Waals surface area contributed by atoms with Crippen LogP contribution in [0.2, 0.25) is 0 Å². The molecule has 1 heterocycles. The number of nitrogens with one attached hydrogen (secondary N) is 1. The number of hydrogen-bond donors (Lipinski definition) is 2. The van der Waals surface area contributed by atoms with Gasteiger partial charge in [-0.2, -0.15) is 13.2 Å². The quantitative estimate of drug-likeness (QED) is 0.867. The fourth-order valence-corrected chi connectivity index (χ4v) is 1.52. The molecule has 0 fully saturated rings. The lowest BCUT2D eigenvalue weighted by atomic mass is 10.2. The zero-order chi connectivity index (χ0) is 13.1. The van der Waals surface area contributed by atoms with Crippen LogP contribution in [-0.4, -0.2) is 27.7 Å². The van der Waals surface area contributed by atoms with Gasteiger partial charge in [-0.15, -0.1) is 0 Å². The lowest BCUT2D eigenvalue weighted by Gasteiger charge is -2.10. The van der Waals surface area contributed by atoms with E-state index < -0.39 is 22.5 Å². The Kier molecular flexibility index (Phi) is 4.33. The van der Waals surface area contributed by atoms with Gasteiger partial charge in [-0.3, -0.25) is 4.21 Å². The van der Waals surface area contributed by atoms with Gasteiger partial charge in [0.15, 0.2) is 0 Å². The Labute approximate surface area is 98.9 Å². The van der Waals surface area contributed by atoms with Crippen molar-refractivity contribution in [3.63, 3.8) is 0 Å². The lowest BCUT2D eigenvalue weighted by molar-refractivity contribution is -0.137. The minimum absolute atomic E-state index is 0.0303.